The zero-order valence-electron chi connectivity index (χ0n) is 12.8. The minimum atomic E-state index is 0.200. The summed E-state index contributed by atoms with van der Waals surface area (Å²) in [5.74, 6) is 0.200. The van der Waals surface area contributed by atoms with Gasteiger partial charge in [0.15, 0.2) is 5.11 Å². The summed E-state index contributed by atoms with van der Waals surface area (Å²) < 4.78 is 0. The number of nitrogens with zero attached hydrogens (tertiary/aromatic N) is 1. The molecule has 2 aromatic carbocycles. The SMILES string of the molecule is C/C(=N\NC(=S)Nc1ccc(C)cc1)c1cc(C)ccc1O. The van der Waals surface area contributed by atoms with Gasteiger partial charge in [0.1, 0.15) is 5.75 Å². The summed E-state index contributed by atoms with van der Waals surface area (Å²) in [6, 6.07) is 13.3. The van der Waals surface area contributed by atoms with E-state index in [9.17, 15) is 5.11 Å². The van der Waals surface area contributed by atoms with E-state index >= 15 is 0 Å². The van der Waals surface area contributed by atoms with Gasteiger partial charge in [-0.3, -0.25) is 5.43 Å². The number of hydrogen-bond acceptors (Lipinski definition) is 3. The van der Waals surface area contributed by atoms with Crippen LogP contribution < -0.4 is 10.7 Å². The lowest BCUT2D eigenvalue weighted by Gasteiger charge is -2.09. The predicted molar refractivity (Wildman–Crippen MR) is 95.6 cm³/mol. The van der Waals surface area contributed by atoms with E-state index in [4.69, 9.17) is 12.2 Å². The van der Waals surface area contributed by atoms with Crippen molar-refractivity contribution in [2.24, 2.45) is 5.10 Å². The van der Waals surface area contributed by atoms with Crippen LogP contribution in [0.3, 0.4) is 0 Å². The van der Waals surface area contributed by atoms with Crippen molar-refractivity contribution in [2.45, 2.75) is 20.8 Å². The summed E-state index contributed by atoms with van der Waals surface area (Å²) in [5, 5.41) is 17.5. The largest absolute Gasteiger partial charge is 0.507 e. The highest BCUT2D eigenvalue weighted by Gasteiger charge is 2.05. The van der Waals surface area contributed by atoms with Crippen molar-refractivity contribution in [1.82, 2.24) is 5.43 Å². The number of anilines is 1. The van der Waals surface area contributed by atoms with Crippen LogP contribution in [0.25, 0.3) is 0 Å². The maximum absolute atomic E-state index is 9.87. The van der Waals surface area contributed by atoms with Crippen LogP contribution in [-0.4, -0.2) is 15.9 Å². The first kappa shape index (κ1) is 16.0. The third kappa shape index (κ3) is 4.30. The van der Waals surface area contributed by atoms with E-state index < -0.39 is 0 Å². The molecule has 0 aliphatic rings. The van der Waals surface area contributed by atoms with Crippen molar-refractivity contribution >= 4 is 28.7 Å². The number of hydrazone groups is 1. The van der Waals surface area contributed by atoms with Gasteiger partial charge in [-0.15, -0.1) is 0 Å². The van der Waals surface area contributed by atoms with Crippen molar-refractivity contribution in [2.75, 3.05) is 5.32 Å². The maximum atomic E-state index is 9.87. The molecule has 4 nitrogen and oxygen atoms in total. The quantitative estimate of drug-likeness (QED) is 0.459. The molecule has 2 aromatic rings. The summed E-state index contributed by atoms with van der Waals surface area (Å²) in [7, 11) is 0. The van der Waals surface area contributed by atoms with Gasteiger partial charge in [-0.25, -0.2) is 0 Å². The maximum Gasteiger partial charge on any atom is 0.191 e. The fourth-order valence-corrected chi connectivity index (χ4v) is 2.09. The minimum Gasteiger partial charge on any atom is -0.507 e. The molecule has 0 radical (unpaired) electrons. The Kier molecular flexibility index (Phi) is 5.12. The second kappa shape index (κ2) is 7.04. The first-order valence-corrected chi connectivity index (χ1v) is 7.34. The Hall–Kier alpha value is -2.40. The van der Waals surface area contributed by atoms with E-state index in [0.29, 0.717) is 16.4 Å². The monoisotopic (exact) mass is 313 g/mol. The minimum absolute atomic E-state index is 0.200. The summed E-state index contributed by atoms with van der Waals surface area (Å²) in [4.78, 5) is 0. The Bertz CT molecular complexity index is 708. The number of aryl methyl sites for hydroxylation is 2. The van der Waals surface area contributed by atoms with Crippen LogP contribution in [0.4, 0.5) is 5.69 Å². The Labute approximate surface area is 135 Å². The number of benzene rings is 2. The van der Waals surface area contributed by atoms with Gasteiger partial charge < -0.3 is 10.4 Å². The Morgan fingerprint density at radius 1 is 1.05 bits per heavy atom. The molecule has 0 amide bonds. The van der Waals surface area contributed by atoms with E-state index in [1.807, 2.05) is 57.2 Å². The predicted octanol–water partition coefficient (Wildman–Crippen LogP) is 3.72. The molecule has 0 spiro atoms. The van der Waals surface area contributed by atoms with Gasteiger partial charge in [0.05, 0.1) is 5.71 Å². The Morgan fingerprint density at radius 2 is 1.68 bits per heavy atom. The van der Waals surface area contributed by atoms with Crippen LogP contribution >= 0.6 is 12.2 Å². The number of phenolic OH excluding ortho intramolecular Hbond substituents is 1. The lowest BCUT2D eigenvalue weighted by atomic mass is 10.1. The second-order valence-electron chi connectivity index (χ2n) is 5.15. The smallest absolute Gasteiger partial charge is 0.191 e. The molecule has 0 saturated heterocycles. The zero-order valence-corrected chi connectivity index (χ0v) is 13.7. The van der Waals surface area contributed by atoms with E-state index in [-0.39, 0.29) is 5.75 Å². The molecule has 0 aliphatic heterocycles. The van der Waals surface area contributed by atoms with Crippen molar-refractivity contribution in [3.63, 3.8) is 0 Å². The van der Waals surface area contributed by atoms with Gasteiger partial charge >= 0.3 is 0 Å². The summed E-state index contributed by atoms with van der Waals surface area (Å²) in [5.41, 5.74) is 7.28. The molecule has 3 N–H and O–H groups in total. The van der Waals surface area contributed by atoms with Gasteiger partial charge in [0, 0.05) is 11.3 Å². The van der Waals surface area contributed by atoms with Crippen LogP contribution in [0, 0.1) is 13.8 Å². The molecule has 0 aliphatic carbocycles. The highest BCUT2D eigenvalue weighted by Crippen LogP contribution is 2.18. The van der Waals surface area contributed by atoms with Crippen molar-refractivity contribution in [1.29, 1.82) is 0 Å². The van der Waals surface area contributed by atoms with Gasteiger partial charge in [0.25, 0.3) is 0 Å². The standard InChI is InChI=1S/C17H19N3OS/c1-11-4-7-14(8-5-11)18-17(22)20-19-13(3)15-10-12(2)6-9-16(15)21/h4-10,21H,1-3H3,(H2,18,20,22)/b19-13+. The number of nitrogens with one attached hydrogen (secondary N) is 2. The van der Waals surface area contributed by atoms with Crippen LogP contribution in [0.15, 0.2) is 47.6 Å². The number of aromatic hydroxyl groups is 1. The lowest BCUT2D eigenvalue weighted by Crippen LogP contribution is -2.25. The molecule has 0 heterocycles. The number of thiocarbonyl (C=S) groups is 1. The van der Waals surface area contributed by atoms with E-state index in [1.54, 1.807) is 6.07 Å². The summed E-state index contributed by atoms with van der Waals surface area (Å²) in [6.07, 6.45) is 0. The summed E-state index contributed by atoms with van der Waals surface area (Å²) >= 11 is 5.20. The fraction of sp³-hybridized carbons (Fsp3) is 0.176. The molecule has 0 atom stereocenters. The number of rotatable bonds is 3. The Balaban J connectivity index is 2.02. The number of phenols is 1. The molecule has 0 fully saturated rings. The van der Waals surface area contributed by atoms with Gasteiger partial charge in [0.2, 0.25) is 0 Å². The third-order valence-electron chi connectivity index (χ3n) is 3.18. The van der Waals surface area contributed by atoms with Gasteiger partial charge in [-0.1, -0.05) is 29.3 Å². The van der Waals surface area contributed by atoms with Crippen LogP contribution in [0.1, 0.15) is 23.6 Å². The molecule has 0 aromatic heterocycles. The molecule has 0 bridgehead atoms. The average Bonchev–Trinajstić information content (AvgIpc) is 2.49. The van der Waals surface area contributed by atoms with E-state index in [2.05, 4.69) is 15.8 Å². The highest BCUT2D eigenvalue weighted by molar-refractivity contribution is 7.80. The third-order valence-corrected chi connectivity index (χ3v) is 3.37. The fourth-order valence-electron chi connectivity index (χ4n) is 1.93. The molecule has 0 saturated carbocycles. The topological polar surface area (TPSA) is 56.7 Å². The molecular formula is C17H19N3OS. The van der Waals surface area contributed by atoms with Crippen LogP contribution in [0.2, 0.25) is 0 Å². The van der Waals surface area contributed by atoms with Gasteiger partial charge in [-0.2, -0.15) is 5.10 Å². The molecule has 2 rings (SSSR count). The van der Waals surface area contributed by atoms with Crippen LogP contribution in [-0.2, 0) is 0 Å². The molecule has 5 heteroatoms. The average molecular weight is 313 g/mol. The van der Waals surface area contributed by atoms with Crippen molar-refractivity contribution < 1.29 is 5.11 Å². The van der Waals surface area contributed by atoms with E-state index in [1.165, 1.54) is 5.56 Å². The molecule has 114 valence electrons. The van der Waals surface area contributed by atoms with Gasteiger partial charge in [-0.05, 0) is 57.3 Å². The Morgan fingerprint density at radius 3 is 2.36 bits per heavy atom. The summed E-state index contributed by atoms with van der Waals surface area (Å²) in [6.45, 7) is 5.81. The van der Waals surface area contributed by atoms with Crippen LogP contribution in [0.5, 0.6) is 5.75 Å². The van der Waals surface area contributed by atoms with Crippen molar-refractivity contribution in [3.8, 4) is 5.75 Å². The molecule has 0 unspecified atom stereocenters. The molecule has 22 heavy (non-hydrogen) atoms. The number of hydrogen-bond donors (Lipinski definition) is 3. The zero-order chi connectivity index (χ0) is 16.1. The second-order valence-corrected chi connectivity index (χ2v) is 5.56. The lowest BCUT2D eigenvalue weighted by molar-refractivity contribution is 0.474. The first-order valence-electron chi connectivity index (χ1n) is 6.93. The normalized spacial score (nSPS) is 11.1. The first-order chi connectivity index (χ1) is 10.5. The van der Waals surface area contributed by atoms with Crippen molar-refractivity contribution in [3.05, 3.63) is 59.2 Å². The highest BCUT2D eigenvalue weighted by atomic mass is 32.1. The molecular weight excluding hydrogens is 294 g/mol. The van der Waals surface area contributed by atoms with E-state index in [0.717, 1.165) is 11.3 Å².